The molecule has 0 radical (unpaired) electrons. The van der Waals surface area contributed by atoms with Gasteiger partial charge < -0.3 is 5.11 Å². The van der Waals surface area contributed by atoms with Crippen molar-refractivity contribution in [3.05, 3.63) is 40.5 Å². The van der Waals surface area contributed by atoms with E-state index < -0.39 is 5.97 Å². The van der Waals surface area contributed by atoms with E-state index in [1.54, 1.807) is 6.92 Å². The van der Waals surface area contributed by atoms with Gasteiger partial charge in [0, 0.05) is 0 Å². The molecule has 98 valence electrons. The van der Waals surface area contributed by atoms with Gasteiger partial charge in [-0.2, -0.15) is 0 Å². The second-order valence-electron chi connectivity index (χ2n) is 4.94. The van der Waals surface area contributed by atoms with Crippen LogP contribution in [0.1, 0.15) is 42.0 Å². The molecule has 0 fully saturated rings. The minimum Gasteiger partial charge on any atom is -0.481 e. The molecule has 1 aromatic rings. The molecule has 0 saturated heterocycles. The van der Waals surface area contributed by atoms with E-state index in [2.05, 4.69) is 45.1 Å². The van der Waals surface area contributed by atoms with Crippen LogP contribution in [0.4, 0.5) is 0 Å². The molecule has 0 bridgehead atoms. The molecule has 1 aromatic carbocycles. The van der Waals surface area contributed by atoms with Gasteiger partial charge in [-0.3, -0.25) is 4.79 Å². The smallest absolute Gasteiger partial charge is 0.306 e. The molecule has 0 aliphatic carbocycles. The first-order chi connectivity index (χ1) is 8.43. The molecule has 2 heteroatoms. The predicted molar refractivity (Wildman–Crippen MR) is 75.7 cm³/mol. The quantitative estimate of drug-likeness (QED) is 0.848. The standard InChI is InChI=1S/C16H22O2/c1-11-9-10-15(14(4)13(11)3)8-6-5-7-12(2)16(17)18/h6,8-10,12H,5,7H2,1-4H3,(H,17,18)/b8-6+. The topological polar surface area (TPSA) is 37.3 Å². The lowest BCUT2D eigenvalue weighted by molar-refractivity contribution is -0.141. The minimum atomic E-state index is -0.717. The van der Waals surface area contributed by atoms with Gasteiger partial charge in [0.2, 0.25) is 0 Å². The number of carbonyl (C=O) groups is 1. The summed E-state index contributed by atoms with van der Waals surface area (Å²) in [5.41, 5.74) is 5.17. The average Bonchev–Trinajstić information content (AvgIpc) is 2.33. The number of hydrogen-bond acceptors (Lipinski definition) is 1. The monoisotopic (exact) mass is 246 g/mol. The maximum atomic E-state index is 10.7. The minimum absolute atomic E-state index is 0.268. The first-order valence-corrected chi connectivity index (χ1v) is 6.39. The Morgan fingerprint density at radius 2 is 1.94 bits per heavy atom. The van der Waals surface area contributed by atoms with Crippen LogP contribution in [0.3, 0.4) is 0 Å². The van der Waals surface area contributed by atoms with E-state index in [1.807, 2.05) is 0 Å². The van der Waals surface area contributed by atoms with Crippen molar-refractivity contribution in [1.82, 2.24) is 0 Å². The number of aliphatic carboxylic acids is 1. The highest BCUT2D eigenvalue weighted by molar-refractivity contribution is 5.69. The highest BCUT2D eigenvalue weighted by Crippen LogP contribution is 2.18. The second-order valence-corrected chi connectivity index (χ2v) is 4.94. The van der Waals surface area contributed by atoms with E-state index in [0.29, 0.717) is 6.42 Å². The number of aryl methyl sites for hydroxylation is 1. The van der Waals surface area contributed by atoms with Gasteiger partial charge in [0.1, 0.15) is 0 Å². The van der Waals surface area contributed by atoms with Gasteiger partial charge in [-0.25, -0.2) is 0 Å². The highest BCUT2D eigenvalue weighted by atomic mass is 16.4. The number of carboxylic acid groups (broad SMARTS) is 1. The summed E-state index contributed by atoms with van der Waals surface area (Å²) >= 11 is 0. The third kappa shape index (κ3) is 3.73. The lowest BCUT2D eigenvalue weighted by Gasteiger charge is -2.08. The summed E-state index contributed by atoms with van der Waals surface area (Å²) in [6.07, 6.45) is 5.66. The zero-order chi connectivity index (χ0) is 13.7. The summed E-state index contributed by atoms with van der Waals surface area (Å²) < 4.78 is 0. The molecule has 1 unspecified atom stereocenters. The van der Waals surface area contributed by atoms with Crippen LogP contribution >= 0.6 is 0 Å². The number of benzene rings is 1. The van der Waals surface area contributed by atoms with Crippen LogP contribution in [0.2, 0.25) is 0 Å². The molecule has 0 saturated carbocycles. The molecular formula is C16H22O2. The largest absolute Gasteiger partial charge is 0.481 e. The van der Waals surface area contributed by atoms with E-state index in [4.69, 9.17) is 5.11 Å². The van der Waals surface area contributed by atoms with Gasteiger partial charge in [0.25, 0.3) is 0 Å². The predicted octanol–water partition coefficient (Wildman–Crippen LogP) is 4.13. The van der Waals surface area contributed by atoms with E-state index in [9.17, 15) is 4.79 Å². The average molecular weight is 246 g/mol. The molecule has 0 aliphatic heterocycles. The fraction of sp³-hybridized carbons (Fsp3) is 0.438. The van der Waals surface area contributed by atoms with Crippen LogP contribution in [0.5, 0.6) is 0 Å². The summed E-state index contributed by atoms with van der Waals surface area (Å²) in [6, 6.07) is 4.25. The van der Waals surface area contributed by atoms with Crippen molar-refractivity contribution >= 4 is 12.0 Å². The van der Waals surface area contributed by atoms with Crippen LogP contribution in [0, 0.1) is 26.7 Å². The maximum absolute atomic E-state index is 10.7. The molecule has 1 rings (SSSR count). The van der Waals surface area contributed by atoms with Gasteiger partial charge in [-0.1, -0.05) is 31.2 Å². The van der Waals surface area contributed by atoms with Crippen molar-refractivity contribution in [2.75, 3.05) is 0 Å². The van der Waals surface area contributed by atoms with Crippen molar-refractivity contribution in [3.8, 4) is 0 Å². The third-order valence-electron chi connectivity index (χ3n) is 3.59. The summed E-state index contributed by atoms with van der Waals surface area (Å²) in [7, 11) is 0. The fourth-order valence-electron chi connectivity index (χ4n) is 1.84. The van der Waals surface area contributed by atoms with E-state index in [0.717, 1.165) is 6.42 Å². The third-order valence-corrected chi connectivity index (χ3v) is 3.59. The normalized spacial score (nSPS) is 12.9. The number of hydrogen-bond donors (Lipinski definition) is 1. The number of allylic oxidation sites excluding steroid dienone is 1. The lowest BCUT2D eigenvalue weighted by Crippen LogP contribution is -2.08. The second kappa shape index (κ2) is 6.39. The summed E-state index contributed by atoms with van der Waals surface area (Å²) in [6.45, 7) is 8.12. The van der Waals surface area contributed by atoms with Crippen molar-refractivity contribution in [2.24, 2.45) is 5.92 Å². The van der Waals surface area contributed by atoms with Gasteiger partial charge in [0.05, 0.1) is 5.92 Å². The van der Waals surface area contributed by atoms with Crippen molar-refractivity contribution < 1.29 is 9.90 Å². The fourth-order valence-corrected chi connectivity index (χ4v) is 1.84. The summed E-state index contributed by atoms with van der Waals surface area (Å²) in [5.74, 6) is -0.985. The Morgan fingerprint density at radius 1 is 1.28 bits per heavy atom. The molecule has 0 amide bonds. The van der Waals surface area contributed by atoms with Crippen LogP contribution in [-0.4, -0.2) is 11.1 Å². The molecule has 1 atom stereocenters. The number of rotatable bonds is 5. The molecule has 1 N–H and O–H groups in total. The van der Waals surface area contributed by atoms with E-state index >= 15 is 0 Å². The van der Waals surface area contributed by atoms with Crippen molar-refractivity contribution in [3.63, 3.8) is 0 Å². The van der Waals surface area contributed by atoms with Crippen LogP contribution in [0.25, 0.3) is 6.08 Å². The van der Waals surface area contributed by atoms with Gasteiger partial charge in [-0.05, 0) is 55.9 Å². The highest BCUT2D eigenvalue weighted by Gasteiger charge is 2.08. The van der Waals surface area contributed by atoms with Crippen LogP contribution in [-0.2, 0) is 4.79 Å². The molecule has 0 aliphatic rings. The summed E-state index contributed by atoms with van der Waals surface area (Å²) in [4.78, 5) is 10.7. The first kappa shape index (κ1) is 14.5. The van der Waals surface area contributed by atoms with Crippen LogP contribution in [0.15, 0.2) is 18.2 Å². The molecule has 0 heterocycles. The first-order valence-electron chi connectivity index (χ1n) is 6.39. The zero-order valence-corrected chi connectivity index (χ0v) is 11.7. The Kier molecular flexibility index (Phi) is 5.14. The van der Waals surface area contributed by atoms with Gasteiger partial charge in [-0.15, -0.1) is 0 Å². The molecule has 18 heavy (non-hydrogen) atoms. The number of carboxylic acids is 1. The SMILES string of the molecule is Cc1ccc(/C=C/CCC(C)C(=O)O)c(C)c1C. The lowest BCUT2D eigenvalue weighted by atomic mass is 9.98. The molecule has 2 nitrogen and oxygen atoms in total. The van der Waals surface area contributed by atoms with E-state index in [-0.39, 0.29) is 5.92 Å². The van der Waals surface area contributed by atoms with E-state index in [1.165, 1.54) is 22.3 Å². The Bertz CT molecular complexity index is 458. The molecule has 0 spiro atoms. The van der Waals surface area contributed by atoms with Gasteiger partial charge >= 0.3 is 5.97 Å². The Hall–Kier alpha value is -1.57. The van der Waals surface area contributed by atoms with Gasteiger partial charge in [0.15, 0.2) is 0 Å². The molecular weight excluding hydrogens is 224 g/mol. The van der Waals surface area contributed by atoms with Crippen molar-refractivity contribution in [2.45, 2.75) is 40.5 Å². The van der Waals surface area contributed by atoms with Crippen LogP contribution < -0.4 is 0 Å². The Morgan fingerprint density at radius 3 is 2.56 bits per heavy atom. The Balaban J connectivity index is 2.63. The zero-order valence-electron chi connectivity index (χ0n) is 11.7. The van der Waals surface area contributed by atoms with Crippen molar-refractivity contribution in [1.29, 1.82) is 0 Å². The Labute approximate surface area is 109 Å². The molecule has 0 aromatic heterocycles. The summed E-state index contributed by atoms with van der Waals surface area (Å²) in [5, 5.41) is 8.79. The maximum Gasteiger partial charge on any atom is 0.306 e.